The van der Waals surface area contributed by atoms with E-state index in [9.17, 15) is 0 Å². The molecule has 0 unspecified atom stereocenters. The van der Waals surface area contributed by atoms with Gasteiger partial charge in [0.25, 0.3) is 0 Å². The number of halogens is 2. The summed E-state index contributed by atoms with van der Waals surface area (Å²) in [6.07, 6.45) is 2.78. The van der Waals surface area contributed by atoms with Crippen molar-refractivity contribution in [2.75, 3.05) is 13.1 Å². The minimum atomic E-state index is 0.128. The van der Waals surface area contributed by atoms with Crippen molar-refractivity contribution >= 4 is 23.2 Å². The minimum Gasteiger partial charge on any atom is -0.472 e. The first-order chi connectivity index (χ1) is 12.7. The summed E-state index contributed by atoms with van der Waals surface area (Å²) in [5.41, 5.74) is 3.41. The van der Waals surface area contributed by atoms with Crippen LogP contribution in [0.15, 0.2) is 54.7 Å². The normalized spacial score (nSPS) is 16.6. The molecule has 4 rings (SSSR count). The maximum Gasteiger partial charge on any atom is 0.233 e. The van der Waals surface area contributed by atoms with Gasteiger partial charge in [-0.2, -0.15) is 0 Å². The van der Waals surface area contributed by atoms with Crippen molar-refractivity contribution < 1.29 is 4.74 Å². The van der Waals surface area contributed by atoms with Gasteiger partial charge in [0.05, 0.1) is 11.9 Å². The Morgan fingerprint density at radius 3 is 2.08 bits per heavy atom. The van der Waals surface area contributed by atoms with Crippen LogP contribution >= 0.6 is 23.2 Å². The molecule has 1 aromatic heterocycles. The van der Waals surface area contributed by atoms with Crippen LogP contribution < -0.4 is 10.1 Å². The fourth-order valence-electron chi connectivity index (χ4n) is 2.96. The van der Waals surface area contributed by atoms with E-state index in [1.807, 2.05) is 48.5 Å². The number of rotatable bonds is 4. The number of nitrogens with zero attached hydrogens (tertiary/aromatic N) is 2. The molecule has 6 heteroatoms. The molecule has 2 aromatic carbocycles. The van der Waals surface area contributed by atoms with Crippen LogP contribution in [0.25, 0.3) is 22.5 Å². The largest absolute Gasteiger partial charge is 0.472 e. The molecule has 0 radical (unpaired) electrons. The van der Waals surface area contributed by atoms with Crippen LogP contribution in [0.2, 0.25) is 10.0 Å². The highest BCUT2D eigenvalue weighted by Gasteiger charge is 2.19. The van der Waals surface area contributed by atoms with Crippen LogP contribution in [0, 0.1) is 0 Å². The molecule has 0 amide bonds. The Bertz CT molecular complexity index is 892. The van der Waals surface area contributed by atoms with Gasteiger partial charge in [-0.1, -0.05) is 47.5 Å². The van der Waals surface area contributed by atoms with Gasteiger partial charge in [-0.05, 0) is 37.2 Å². The molecule has 4 nitrogen and oxygen atoms in total. The number of hydrogen-bond acceptors (Lipinski definition) is 4. The Balaban J connectivity index is 1.76. The van der Waals surface area contributed by atoms with Crippen molar-refractivity contribution in [3.8, 4) is 28.4 Å². The lowest BCUT2D eigenvalue weighted by Crippen LogP contribution is -2.20. The second kappa shape index (κ2) is 7.62. The monoisotopic (exact) mass is 385 g/mol. The molecule has 1 aliphatic heterocycles. The van der Waals surface area contributed by atoms with Crippen LogP contribution in [0.1, 0.15) is 6.42 Å². The molecule has 0 saturated carbocycles. The third-order valence-electron chi connectivity index (χ3n) is 4.29. The highest BCUT2D eigenvalue weighted by molar-refractivity contribution is 6.31. The maximum atomic E-state index is 6.04. The van der Waals surface area contributed by atoms with Crippen molar-refractivity contribution in [3.63, 3.8) is 0 Å². The average molecular weight is 386 g/mol. The third-order valence-corrected chi connectivity index (χ3v) is 4.79. The predicted octanol–water partition coefficient (Wildman–Crippen LogP) is 4.86. The summed E-state index contributed by atoms with van der Waals surface area (Å²) in [7, 11) is 0. The van der Waals surface area contributed by atoms with Crippen LogP contribution in [0.3, 0.4) is 0 Å². The molecule has 26 heavy (non-hydrogen) atoms. The van der Waals surface area contributed by atoms with Gasteiger partial charge in [-0.3, -0.25) is 0 Å². The van der Waals surface area contributed by atoms with Gasteiger partial charge in [0.1, 0.15) is 11.8 Å². The van der Waals surface area contributed by atoms with Gasteiger partial charge in [0.15, 0.2) is 0 Å². The zero-order chi connectivity index (χ0) is 17.9. The maximum absolute atomic E-state index is 6.04. The summed E-state index contributed by atoms with van der Waals surface area (Å²) >= 11 is 12.1. The molecule has 1 saturated heterocycles. The summed E-state index contributed by atoms with van der Waals surface area (Å²) in [4.78, 5) is 9.38. The van der Waals surface area contributed by atoms with Crippen LogP contribution in [-0.2, 0) is 0 Å². The first-order valence-corrected chi connectivity index (χ1v) is 9.21. The van der Waals surface area contributed by atoms with Gasteiger partial charge >= 0.3 is 0 Å². The Morgan fingerprint density at radius 1 is 0.885 bits per heavy atom. The topological polar surface area (TPSA) is 47.0 Å². The van der Waals surface area contributed by atoms with Gasteiger partial charge in [0.2, 0.25) is 5.88 Å². The molecular formula is C20H17Cl2N3O. The average Bonchev–Trinajstić information content (AvgIpc) is 3.16. The minimum absolute atomic E-state index is 0.128. The molecule has 1 atom stereocenters. The fraction of sp³-hybridized carbons (Fsp3) is 0.200. The molecular weight excluding hydrogens is 369 g/mol. The zero-order valence-electron chi connectivity index (χ0n) is 14.0. The van der Waals surface area contributed by atoms with E-state index in [0.717, 1.165) is 42.0 Å². The van der Waals surface area contributed by atoms with E-state index < -0.39 is 0 Å². The van der Waals surface area contributed by atoms with E-state index in [0.29, 0.717) is 15.9 Å². The Labute approximate surface area is 162 Å². The second-order valence-corrected chi connectivity index (χ2v) is 7.02. The van der Waals surface area contributed by atoms with E-state index in [4.69, 9.17) is 32.9 Å². The zero-order valence-corrected chi connectivity index (χ0v) is 15.5. The number of ether oxygens (including phenoxy) is 1. The quantitative estimate of drug-likeness (QED) is 0.696. The summed E-state index contributed by atoms with van der Waals surface area (Å²) in [6, 6.07) is 15.1. The molecule has 0 aliphatic carbocycles. The van der Waals surface area contributed by atoms with Gasteiger partial charge in [-0.25, -0.2) is 9.97 Å². The van der Waals surface area contributed by atoms with Crippen LogP contribution in [0.4, 0.5) is 0 Å². The first kappa shape index (κ1) is 17.3. The Morgan fingerprint density at radius 2 is 1.50 bits per heavy atom. The van der Waals surface area contributed by atoms with Gasteiger partial charge in [-0.15, -0.1) is 0 Å². The van der Waals surface area contributed by atoms with Crippen molar-refractivity contribution in [2.45, 2.75) is 12.5 Å². The molecule has 1 fully saturated rings. The Hall–Kier alpha value is -2.14. The van der Waals surface area contributed by atoms with E-state index in [1.54, 1.807) is 6.20 Å². The fourth-order valence-corrected chi connectivity index (χ4v) is 3.21. The lowest BCUT2D eigenvalue weighted by Gasteiger charge is -2.14. The Kier molecular flexibility index (Phi) is 5.07. The van der Waals surface area contributed by atoms with E-state index in [1.165, 1.54) is 0 Å². The summed E-state index contributed by atoms with van der Waals surface area (Å²) < 4.78 is 5.99. The highest BCUT2D eigenvalue weighted by atomic mass is 35.5. The van der Waals surface area contributed by atoms with E-state index >= 15 is 0 Å². The summed E-state index contributed by atoms with van der Waals surface area (Å²) in [5.74, 6) is 0.529. The predicted molar refractivity (Wildman–Crippen MR) is 105 cm³/mol. The lowest BCUT2D eigenvalue weighted by molar-refractivity contribution is 0.213. The first-order valence-electron chi connectivity index (χ1n) is 8.45. The number of nitrogens with one attached hydrogen (secondary N) is 1. The standard InChI is InChI=1S/C20H17Cl2N3O/c21-15-5-1-13(2-6-15)19-20(14-3-7-16(22)8-4-14)25-18(12-24-19)26-17-9-10-23-11-17/h1-8,12,17,23H,9-11H2/t17-/m0/s1. The van der Waals surface area contributed by atoms with Crippen molar-refractivity contribution in [2.24, 2.45) is 0 Å². The molecule has 1 N–H and O–H groups in total. The molecule has 1 aliphatic rings. The third kappa shape index (κ3) is 3.83. The highest BCUT2D eigenvalue weighted by Crippen LogP contribution is 2.32. The number of benzene rings is 2. The molecule has 2 heterocycles. The molecule has 3 aromatic rings. The van der Waals surface area contributed by atoms with E-state index in [2.05, 4.69) is 10.3 Å². The van der Waals surface area contributed by atoms with Crippen LogP contribution in [0.5, 0.6) is 5.88 Å². The van der Waals surface area contributed by atoms with Crippen molar-refractivity contribution in [1.82, 2.24) is 15.3 Å². The lowest BCUT2D eigenvalue weighted by atomic mass is 10.0. The van der Waals surface area contributed by atoms with Crippen molar-refractivity contribution in [3.05, 3.63) is 64.8 Å². The molecule has 0 bridgehead atoms. The van der Waals surface area contributed by atoms with Gasteiger partial charge < -0.3 is 10.1 Å². The van der Waals surface area contributed by atoms with Crippen molar-refractivity contribution in [1.29, 1.82) is 0 Å². The second-order valence-electron chi connectivity index (χ2n) is 6.15. The smallest absolute Gasteiger partial charge is 0.233 e. The molecule has 0 spiro atoms. The summed E-state index contributed by atoms with van der Waals surface area (Å²) in [6.45, 7) is 1.79. The number of hydrogen-bond donors (Lipinski definition) is 1. The molecule has 132 valence electrons. The van der Waals surface area contributed by atoms with E-state index in [-0.39, 0.29) is 6.10 Å². The number of aromatic nitrogens is 2. The van der Waals surface area contributed by atoms with Crippen LogP contribution in [-0.4, -0.2) is 29.2 Å². The SMILES string of the molecule is Clc1ccc(-c2ncc(O[C@H]3CCNC3)nc2-c2ccc(Cl)cc2)cc1. The van der Waals surface area contributed by atoms with Gasteiger partial charge in [0, 0.05) is 27.7 Å². The summed E-state index contributed by atoms with van der Waals surface area (Å²) in [5, 5.41) is 4.65.